The molecule has 0 aliphatic heterocycles. The smallest absolute Gasteiger partial charge is 0.243 e. The Morgan fingerprint density at radius 3 is 2.39 bits per heavy atom. The molecular weight excluding hydrogens is 261 g/mol. The van der Waals surface area contributed by atoms with Gasteiger partial charge < -0.3 is 16.4 Å². The summed E-state index contributed by atoms with van der Waals surface area (Å²) in [6.45, 7) is 1.35. The van der Waals surface area contributed by atoms with Gasteiger partial charge in [-0.1, -0.05) is 0 Å². The van der Waals surface area contributed by atoms with Gasteiger partial charge in [-0.05, 0) is 31.2 Å². The number of carbonyl (C=O) groups is 2. The zero-order chi connectivity index (χ0) is 12.8. The lowest BCUT2D eigenvalue weighted by Gasteiger charge is -2.08. The standard InChI is InChI=1S/C11H14FN3O2.ClH/c1-7(13)11(17)14-6-10(16)15-9-4-2-8(12)3-5-9;/h2-5,7H,6,13H2,1H3,(H,14,17)(H,15,16);1H/t7-;/m0./s1. The summed E-state index contributed by atoms with van der Waals surface area (Å²) in [6, 6.07) is 4.67. The fourth-order valence-corrected chi connectivity index (χ4v) is 1.07. The first-order valence-electron chi connectivity index (χ1n) is 5.08. The summed E-state index contributed by atoms with van der Waals surface area (Å²) in [5.74, 6) is -1.18. The lowest BCUT2D eigenvalue weighted by Crippen LogP contribution is -2.41. The van der Waals surface area contributed by atoms with Crippen molar-refractivity contribution in [2.24, 2.45) is 5.73 Å². The Bertz CT molecular complexity index is 409. The van der Waals surface area contributed by atoms with Crippen LogP contribution in [0.3, 0.4) is 0 Å². The van der Waals surface area contributed by atoms with Gasteiger partial charge in [-0.2, -0.15) is 0 Å². The number of rotatable bonds is 4. The predicted octanol–water partition coefficient (Wildman–Crippen LogP) is 0.649. The zero-order valence-corrected chi connectivity index (χ0v) is 10.6. The summed E-state index contributed by atoms with van der Waals surface area (Å²) >= 11 is 0. The van der Waals surface area contributed by atoms with Crippen molar-refractivity contribution in [1.82, 2.24) is 5.32 Å². The van der Waals surface area contributed by atoms with Crippen LogP contribution in [0.2, 0.25) is 0 Å². The maximum Gasteiger partial charge on any atom is 0.243 e. The Hall–Kier alpha value is -1.66. The summed E-state index contributed by atoms with van der Waals surface area (Å²) in [7, 11) is 0. The van der Waals surface area contributed by atoms with E-state index in [1.807, 2.05) is 0 Å². The summed E-state index contributed by atoms with van der Waals surface area (Å²) in [5.41, 5.74) is 5.77. The first-order chi connectivity index (χ1) is 7.99. The second-order valence-corrected chi connectivity index (χ2v) is 3.56. The first kappa shape index (κ1) is 16.3. The fourth-order valence-electron chi connectivity index (χ4n) is 1.07. The van der Waals surface area contributed by atoms with E-state index in [9.17, 15) is 14.0 Å². The van der Waals surface area contributed by atoms with E-state index in [0.29, 0.717) is 5.69 Å². The largest absolute Gasteiger partial charge is 0.346 e. The SMILES string of the molecule is C[C@H](N)C(=O)NCC(=O)Nc1ccc(F)cc1.Cl. The lowest BCUT2D eigenvalue weighted by molar-refractivity contribution is -0.124. The molecule has 0 spiro atoms. The van der Waals surface area contributed by atoms with Gasteiger partial charge in [0.2, 0.25) is 11.8 Å². The number of hydrogen-bond donors (Lipinski definition) is 3. The third-order valence-electron chi connectivity index (χ3n) is 1.96. The number of anilines is 1. The van der Waals surface area contributed by atoms with Gasteiger partial charge in [0, 0.05) is 5.69 Å². The number of nitrogens with one attached hydrogen (secondary N) is 2. The molecule has 1 rings (SSSR count). The molecule has 18 heavy (non-hydrogen) atoms. The average Bonchev–Trinajstić information content (AvgIpc) is 2.29. The van der Waals surface area contributed by atoms with Crippen LogP contribution in [0.1, 0.15) is 6.92 Å². The molecular formula is C11H15ClFN3O2. The Morgan fingerprint density at radius 1 is 1.33 bits per heavy atom. The average molecular weight is 276 g/mol. The van der Waals surface area contributed by atoms with Crippen molar-refractivity contribution in [3.05, 3.63) is 30.1 Å². The Kier molecular flexibility index (Phi) is 6.92. The van der Waals surface area contributed by atoms with Crippen molar-refractivity contribution in [3.8, 4) is 0 Å². The summed E-state index contributed by atoms with van der Waals surface area (Å²) in [6.07, 6.45) is 0. The minimum absolute atomic E-state index is 0. The van der Waals surface area contributed by atoms with Gasteiger partial charge in [0.05, 0.1) is 12.6 Å². The summed E-state index contributed by atoms with van der Waals surface area (Å²) in [5, 5.41) is 4.87. The maximum atomic E-state index is 12.6. The molecule has 0 unspecified atom stereocenters. The molecule has 1 aromatic rings. The molecule has 0 heterocycles. The Labute approximate surface area is 110 Å². The molecule has 0 saturated heterocycles. The van der Waals surface area contributed by atoms with Crippen LogP contribution in [0.25, 0.3) is 0 Å². The van der Waals surface area contributed by atoms with Crippen LogP contribution >= 0.6 is 12.4 Å². The molecule has 0 aliphatic carbocycles. The van der Waals surface area contributed by atoms with Gasteiger partial charge in [-0.25, -0.2) is 4.39 Å². The van der Waals surface area contributed by atoms with Crippen molar-refractivity contribution >= 4 is 29.9 Å². The van der Waals surface area contributed by atoms with E-state index in [1.165, 1.54) is 31.2 Å². The first-order valence-corrected chi connectivity index (χ1v) is 5.08. The van der Waals surface area contributed by atoms with Gasteiger partial charge in [0.25, 0.3) is 0 Å². The third-order valence-corrected chi connectivity index (χ3v) is 1.96. The van der Waals surface area contributed by atoms with Gasteiger partial charge >= 0.3 is 0 Å². The second kappa shape index (κ2) is 7.62. The Morgan fingerprint density at radius 2 is 1.89 bits per heavy atom. The highest BCUT2D eigenvalue weighted by molar-refractivity contribution is 5.95. The van der Waals surface area contributed by atoms with E-state index in [0.717, 1.165) is 0 Å². The van der Waals surface area contributed by atoms with Crippen LogP contribution in [0, 0.1) is 5.82 Å². The quantitative estimate of drug-likeness (QED) is 0.754. The molecule has 4 N–H and O–H groups in total. The van der Waals surface area contributed by atoms with Gasteiger partial charge in [-0.15, -0.1) is 12.4 Å². The van der Waals surface area contributed by atoms with Crippen molar-refractivity contribution in [2.75, 3.05) is 11.9 Å². The van der Waals surface area contributed by atoms with Gasteiger partial charge in [0.15, 0.2) is 0 Å². The zero-order valence-electron chi connectivity index (χ0n) is 9.77. The predicted molar refractivity (Wildman–Crippen MR) is 68.9 cm³/mol. The highest BCUT2D eigenvalue weighted by atomic mass is 35.5. The number of hydrogen-bond acceptors (Lipinski definition) is 3. The lowest BCUT2D eigenvalue weighted by atomic mass is 10.3. The summed E-state index contributed by atoms with van der Waals surface area (Å²) < 4.78 is 12.6. The van der Waals surface area contributed by atoms with Crippen LogP contribution in [-0.2, 0) is 9.59 Å². The second-order valence-electron chi connectivity index (χ2n) is 3.56. The van der Waals surface area contributed by atoms with Crippen LogP contribution in [0.15, 0.2) is 24.3 Å². The highest BCUT2D eigenvalue weighted by Crippen LogP contribution is 2.07. The minimum atomic E-state index is -0.659. The molecule has 7 heteroatoms. The molecule has 100 valence electrons. The minimum Gasteiger partial charge on any atom is -0.346 e. The molecule has 0 bridgehead atoms. The van der Waals surface area contributed by atoms with E-state index < -0.39 is 17.9 Å². The van der Waals surface area contributed by atoms with Crippen LogP contribution in [0.4, 0.5) is 10.1 Å². The normalized spacial score (nSPS) is 11.1. The number of nitrogens with two attached hydrogens (primary N) is 1. The molecule has 5 nitrogen and oxygen atoms in total. The van der Waals surface area contributed by atoms with Crippen LogP contribution in [0.5, 0.6) is 0 Å². The van der Waals surface area contributed by atoms with Crippen LogP contribution < -0.4 is 16.4 Å². The van der Waals surface area contributed by atoms with Crippen LogP contribution in [-0.4, -0.2) is 24.4 Å². The van der Waals surface area contributed by atoms with Crippen molar-refractivity contribution in [1.29, 1.82) is 0 Å². The van der Waals surface area contributed by atoms with Crippen molar-refractivity contribution in [2.45, 2.75) is 13.0 Å². The molecule has 0 radical (unpaired) electrons. The van der Waals surface area contributed by atoms with E-state index in [-0.39, 0.29) is 24.8 Å². The monoisotopic (exact) mass is 275 g/mol. The topological polar surface area (TPSA) is 84.2 Å². The molecule has 1 atom stereocenters. The van der Waals surface area contributed by atoms with Crippen molar-refractivity contribution in [3.63, 3.8) is 0 Å². The van der Waals surface area contributed by atoms with E-state index in [1.54, 1.807) is 0 Å². The fraction of sp³-hybridized carbons (Fsp3) is 0.273. The van der Waals surface area contributed by atoms with Gasteiger partial charge in [-0.3, -0.25) is 9.59 Å². The molecule has 1 aromatic carbocycles. The third kappa shape index (κ3) is 5.60. The number of amides is 2. The number of halogens is 2. The molecule has 0 aromatic heterocycles. The molecule has 2 amide bonds. The molecule has 0 fully saturated rings. The number of benzene rings is 1. The Balaban J connectivity index is 0.00000289. The van der Waals surface area contributed by atoms with E-state index in [2.05, 4.69) is 10.6 Å². The maximum absolute atomic E-state index is 12.6. The number of carbonyl (C=O) groups excluding carboxylic acids is 2. The van der Waals surface area contributed by atoms with E-state index >= 15 is 0 Å². The molecule has 0 aliphatic rings. The van der Waals surface area contributed by atoms with Crippen molar-refractivity contribution < 1.29 is 14.0 Å². The molecule has 0 saturated carbocycles. The summed E-state index contributed by atoms with van der Waals surface area (Å²) in [4.78, 5) is 22.4. The van der Waals surface area contributed by atoms with E-state index in [4.69, 9.17) is 5.73 Å². The van der Waals surface area contributed by atoms with Gasteiger partial charge in [0.1, 0.15) is 5.82 Å². The highest BCUT2D eigenvalue weighted by Gasteiger charge is 2.09.